The molecule has 0 atom stereocenters. The van der Waals surface area contributed by atoms with Gasteiger partial charge < -0.3 is 15.2 Å². The van der Waals surface area contributed by atoms with E-state index in [1.54, 1.807) is 12.1 Å². The predicted octanol–water partition coefficient (Wildman–Crippen LogP) is 4.98. The van der Waals surface area contributed by atoms with Crippen molar-refractivity contribution in [2.45, 2.75) is 20.0 Å². The number of aryl methyl sites for hydroxylation is 1. The van der Waals surface area contributed by atoms with Crippen LogP contribution in [0.2, 0.25) is 0 Å². The largest absolute Gasteiger partial charge is 0.347 e. The van der Waals surface area contributed by atoms with E-state index in [4.69, 9.17) is 0 Å². The maximum Gasteiger partial charge on any atom is 0.268 e. The van der Waals surface area contributed by atoms with Gasteiger partial charge in [-0.1, -0.05) is 36.4 Å². The van der Waals surface area contributed by atoms with Crippen LogP contribution < -0.4 is 10.6 Å². The first-order chi connectivity index (χ1) is 15.0. The molecular weight excluding hydrogens is 393 g/mol. The van der Waals surface area contributed by atoms with Crippen LogP contribution in [-0.4, -0.2) is 16.4 Å². The zero-order valence-electron chi connectivity index (χ0n) is 17.1. The Morgan fingerprint density at radius 3 is 2.45 bits per heavy atom. The average molecular weight is 415 g/mol. The molecule has 0 saturated carbocycles. The summed E-state index contributed by atoms with van der Waals surface area (Å²) in [4.78, 5) is 25.2. The van der Waals surface area contributed by atoms with Gasteiger partial charge in [-0.2, -0.15) is 0 Å². The fraction of sp³-hybridized carbons (Fsp3) is 0.120. The molecule has 0 radical (unpaired) electrons. The number of halogens is 1. The van der Waals surface area contributed by atoms with Crippen LogP contribution >= 0.6 is 0 Å². The SMILES string of the molecule is CCn1c(C(=O)NCc2ccccc2)cc2cc(NC(=O)c3cccc(F)c3)ccc21. The van der Waals surface area contributed by atoms with E-state index in [1.807, 2.05) is 60.0 Å². The number of benzene rings is 3. The number of aromatic nitrogens is 1. The molecule has 3 aromatic carbocycles. The molecule has 1 heterocycles. The number of nitrogens with zero attached hydrogens (tertiary/aromatic N) is 1. The number of carbonyl (C=O) groups is 2. The van der Waals surface area contributed by atoms with E-state index in [2.05, 4.69) is 10.6 Å². The van der Waals surface area contributed by atoms with Gasteiger partial charge in [0.2, 0.25) is 0 Å². The van der Waals surface area contributed by atoms with Crippen LogP contribution in [0.25, 0.3) is 10.9 Å². The van der Waals surface area contributed by atoms with Crippen molar-refractivity contribution in [2.24, 2.45) is 0 Å². The number of anilines is 1. The standard InChI is InChI=1S/C25H22FN3O2/c1-2-29-22-12-11-21(28-24(30)18-9-6-10-20(26)13-18)14-19(22)15-23(29)25(31)27-16-17-7-4-3-5-8-17/h3-15H,2,16H2,1H3,(H,27,31)(H,28,30). The quantitative estimate of drug-likeness (QED) is 0.466. The zero-order chi connectivity index (χ0) is 21.8. The Kier molecular flexibility index (Phi) is 5.80. The van der Waals surface area contributed by atoms with E-state index < -0.39 is 11.7 Å². The van der Waals surface area contributed by atoms with Gasteiger partial charge in [0.05, 0.1) is 0 Å². The minimum atomic E-state index is -0.464. The fourth-order valence-electron chi connectivity index (χ4n) is 3.58. The van der Waals surface area contributed by atoms with E-state index in [9.17, 15) is 14.0 Å². The molecule has 0 fully saturated rings. The molecule has 1 aromatic heterocycles. The van der Waals surface area contributed by atoms with Gasteiger partial charge in [-0.05, 0) is 55.0 Å². The lowest BCUT2D eigenvalue weighted by Gasteiger charge is -2.09. The molecule has 0 bridgehead atoms. The van der Waals surface area contributed by atoms with Gasteiger partial charge >= 0.3 is 0 Å². The highest BCUT2D eigenvalue weighted by Crippen LogP contribution is 2.24. The maximum atomic E-state index is 13.4. The Hall–Kier alpha value is -3.93. The number of fused-ring (bicyclic) bond motifs is 1. The van der Waals surface area contributed by atoms with Gasteiger partial charge in [-0.25, -0.2) is 4.39 Å². The third kappa shape index (κ3) is 4.48. The molecule has 0 aliphatic carbocycles. The number of carbonyl (C=O) groups excluding carboxylic acids is 2. The van der Waals surface area contributed by atoms with E-state index >= 15 is 0 Å². The summed E-state index contributed by atoms with van der Waals surface area (Å²) in [6.45, 7) is 3.06. The van der Waals surface area contributed by atoms with E-state index in [0.717, 1.165) is 16.5 Å². The van der Waals surface area contributed by atoms with Crippen LogP contribution in [0.3, 0.4) is 0 Å². The topological polar surface area (TPSA) is 63.1 Å². The molecule has 0 spiro atoms. The summed E-state index contributed by atoms with van der Waals surface area (Å²) in [5.41, 5.74) is 3.30. The second-order valence-corrected chi connectivity index (χ2v) is 7.18. The first-order valence-electron chi connectivity index (χ1n) is 10.1. The molecule has 4 rings (SSSR count). The van der Waals surface area contributed by atoms with Gasteiger partial charge in [0, 0.05) is 35.2 Å². The van der Waals surface area contributed by atoms with Crippen LogP contribution in [-0.2, 0) is 13.1 Å². The minimum absolute atomic E-state index is 0.160. The first-order valence-corrected chi connectivity index (χ1v) is 10.1. The van der Waals surface area contributed by atoms with Crippen molar-refractivity contribution in [1.82, 2.24) is 9.88 Å². The number of hydrogen-bond donors (Lipinski definition) is 2. The lowest BCUT2D eigenvalue weighted by molar-refractivity contribution is 0.0941. The fourth-order valence-corrected chi connectivity index (χ4v) is 3.58. The molecule has 5 nitrogen and oxygen atoms in total. The molecule has 0 aliphatic rings. The summed E-state index contributed by atoms with van der Waals surface area (Å²) in [5.74, 6) is -1.02. The van der Waals surface area contributed by atoms with Crippen LogP contribution in [0.4, 0.5) is 10.1 Å². The van der Waals surface area contributed by atoms with Crippen molar-refractivity contribution in [3.05, 3.63) is 102 Å². The number of nitrogens with one attached hydrogen (secondary N) is 2. The Bertz CT molecular complexity index is 1250. The van der Waals surface area contributed by atoms with Crippen molar-refractivity contribution in [3.8, 4) is 0 Å². The third-order valence-electron chi connectivity index (χ3n) is 5.09. The van der Waals surface area contributed by atoms with Crippen LogP contribution in [0.15, 0.2) is 78.9 Å². The van der Waals surface area contributed by atoms with Gasteiger partial charge in [-0.15, -0.1) is 0 Å². The molecule has 0 unspecified atom stereocenters. The Labute approximate surface area is 179 Å². The Balaban J connectivity index is 1.55. The number of hydrogen-bond acceptors (Lipinski definition) is 2. The summed E-state index contributed by atoms with van der Waals surface area (Å²) in [7, 11) is 0. The molecule has 4 aromatic rings. The van der Waals surface area contributed by atoms with Crippen molar-refractivity contribution >= 4 is 28.4 Å². The third-order valence-corrected chi connectivity index (χ3v) is 5.09. The summed E-state index contributed by atoms with van der Waals surface area (Å²) in [5, 5.41) is 6.58. The molecule has 156 valence electrons. The van der Waals surface area contributed by atoms with Gasteiger partial charge in [0.25, 0.3) is 11.8 Å². The molecule has 2 N–H and O–H groups in total. The van der Waals surface area contributed by atoms with Gasteiger partial charge in [0.15, 0.2) is 0 Å². The van der Waals surface area contributed by atoms with E-state index in [1.165, 1.54) is 18.2 Å². The highest BCUT2D eigenvalue weighted by atomic mass is 19.1. The summed E-state index contributed by atoms with van der Waals surface area (Å²) in [6.07, 6.45) is 0. The first kappa shape index (κ1) is 20.3. The highest BCUT2D eigenvalue weighted by molar-refractivity contribution is 6.06. The lowest BCUT2D eigenvalue weighted by atomic mass is 10.2. The monoisotopic (exact) mass is 415 g/mol. The molecule has 2 amide bonds. The minimum Gasteiger partial charge on any atom is -0.347 e. The van der Waals surface area contributed by atoms with Crippen LogP contribution in [0.5, 0.6) is 0 Å². The summed E-state index contributed by atoms with van der Waals surface area (Å²) in [6, 6.07) is 22.5. The van der Waals surface area contributed by atoms with Crippen LogP contribution in [0, 0.1) is 5.82 Å². The molecule has 0 saturated heterocycles. The highest BCUT2D eigenvalue weighted by Gasteiger charge is 2.15. The van der Waals surface area contributed by atoms with Gasteiger partial charge in [0.1, 0.15) is 11.5 Å². The average Bonchev–Trinajstić information content (AvgIpc) is 3.16. The number of rotatable bonds is 6. The molecular formula is C25H22FN3O2. The van der Waals surface area contributed by atoms with Crippen molar-refractivity contribution < 1.29 is 14.0 Å². The van der Waals surface area contributed by atoms with Crippen molar-refractivity contribution in [3.63, 3.8) is 0 Å². The van der Waals surface area contributed by atoms with Gasteiger partial charge in [-0.3, -0.25) is 9.59 Å². The Morgan fingerprint density at radius 1 is 0.903 bits per heavy atom. The van der Waals surface area contributed by atoms with Crippen LogP contribution in [0.1, 0.15) is 33.3 Å². The lowest BCUT2D eigenvalue weighted by Crippen LogP contribution is -2.25. The second-order valence-electron chi connectivity index (χ2n) is 7.18. The summed E-state index contributed by atoms with van der Waals surface area (Å²) >= 11 is 0. The van der Waals surface area contributed by atoms with E-state index in [-0.39, 0.29) is 11.5 Å². The Morgan fingerprint density at radius 2 is 1.71 bits per heavy atom. The number of amides is 2. The van der Waals surface area contributed by atoms with Crippen molar-refractivity contribution in [2.75, 3.05) is 5.32 Å². The maximum absolute atomic E-state index is 13.4. The molecule has 31 heavy (non-hydrogen) atoms. The zero-order valence-corrected chi connectivity index (χ0v) is 17.1. The van der Waals surface area contributed by atoms with Crippen molar-refractivity contribution in [1.29, 1.82) is 0 Å². The summed E-state index contributed by atoms with van der Waals surface area (Å²) < 4.78 is 15.3. The molecule has 0 aliphatic heterocycles. The normalized spacial score (nSPS) is 10.8. The van der Waals surface area contributed by atoms with E-state index in [0.29, 0.717) is 24.5 Å². The predicted molar refractivity (Wildman–Crippen MR) is 120 cm³/mol. The molecule has 6 heteroatoms. The second kappa shape index (κ2) is 8.83. The smallest absolute Gasteiger partial charge is 0.268 e.